The van der Waals surface area contributed by atoms with E-state index in [2.05, 4.69) is 56.9 Å². The summed E-state index contributed by atoms with van der Waals surface area (Å²) in [6.07, 6.45) is 5.35. The van der Waals surface area contributed by atoms with Crippen LogP contribution < -0.4 is 5.73 Å². The highest BCUT2D eigenvalue weighted by Gasteiger charge is 2.34. The topological polar surface area (TPSA) is 29.3 Å². The van der Waals surface area contributed by atoms with E-state index in [1.165, 1.54) is 49.9 Å². The smallest absolute Gasteiger partial charge is 0.0476 e. The van der Waals surface area contributed by atoms with Crippen molar-refractivity contribution in [1.29, 1.82) is 0 Å². The van der Waals surface area contributed by atoms with Gasteiger partial charge >= 0.3 is 0 Å². The molecule has 1 aromatic rings. The molecular weight excluding hydrogens is 256 g/mol. The van der Waals surface area contributed by atoms with E-state index in [1.54, 1.807) is 0 Å². The molecule has 1 aromatic carbocycles. The van der Waals surface area contributed by atoms with Gasteiger partial charge in [-0.2, -0.15) is 0 Å². The van der Waals surface area contributed by atoms with E-state index in [-0.39, 0.29) is 11.6 Å². The van der Waals surface area contributed by atoms with Crippen molar-refractivity contribution in [3.63, 3.8) is 0 Å². The van der Waals surface area contributed by atoms with Gasteiger partial charge in [0, 0.05) is 11.6 Å². The summed E-state index contributed by atoms with van der Waals surface area (Å²) in [5, 5.41) is 0. The Hall–Kier alpha value is -0.860. The van der Waals surface area contributed by atoms with Crippen LogP contribution in [-0.2, 0) is 0 Å². The SMILES string of the molecule is CC(C)c1ccc(C(N)C(C)(C)N2CCCCCC2)cc1. The molecule has 1 fully saturated rings. The molecule has 1 aliphatic heterocycles. The predicted octanol–water partition coefficient (Wildman–Crippen LogP) is 4.46. The summed E-state index contributed by atoms with van der Waals surface area (Å²) >= 11 is 0. The zero-order chi connectivity index (χ0) is 15.5. The van der Waals surface area contributed by atoms with Crippen molar-refractivity contribution in [3.05, 3.63) is 35.4 Å². The number of hydrogen-bond acceptors (Lipinski definition) is 2. The lowest BCUT2D eigenvalue weighted by Gasteiger charge is -2.42. The lowest BCUT2D eigenvalue weighted by Crippen LogP contribution is -2.51. The zero-order valence-electron chi connectivity index (χ0n) is 14.2. The first kappa shape index (κ1) is 16.5. The van der Waals surface area contributed by atoms with Crippen LogP contribution in [0.2, 0.25) is 0 Å². The molecule has 1 atom stereocenters. The summed E-state index contributed by atoms with van der Waals surface area (Å²) in [6.45, 7) is 11.4. The van der Waals surface area contributed by atoms with Gasteiger partial charge in [-0.1, -0.05) is 51.0 Å². The molecule has 118 valence electrons. The molecule has 1 aliphatic rings. The van der Waals surface area contributed by atoms with Crippen molar-refractivity contribution < 1.29 is 0 Å². The Morgan fingerprint density at radius 1 is 0.905 bits per heavy atom. The van der Waals surface area contributed by atoms with Gasteiger partial charge < -0.3 is 5.73 Å². The van der Waals surface area contributed by atoms with Crippen LogP contribution >= 0.6 is 0 Å². The second kappa shape index (κ2) is 6.93. The van der Waals surface area contributed by atoms with Gasteiger partial charge in [-0.05, 0) is 56.8 Å². The fourth-order valence-electron chi connectivity index (χ4n) is 3.34. The molecule has 0 saturated carbocycles. The first-order chi connectivity index (χ1) is 9.93. The predicted molar refractivity (Wildman–Crippen MR) is 91.6 cm³/mol. The minimum Gasteiger partial charge on any atom is -0.322 e. The maximum Gasteiger partial charge on any atom is 0.0476 e. The summed E-state index contributed by atoms with van der Waals surface area (Å²) in [5.41, 5.74) is 9.30. The minimum absolute atomic E-state index is 0.0175. The average molecular weight is 288 g/mol. The van der Waals surface area contributed by atoms with E-state index in [0.29, 0.717) is 5.92 Å². The lowest BCUT2D eigenvalue weighted by molar-refractivity contribution is 0.0980. The van der Waals surface area contributed by atoms with Gasteiger partial charge in [-0.15, -0.1) is 0 Å². The molecule has 2 N–H and O–H groups in total. The zero-order valence-corrected chi connectivity index (χ0v) is 14.2. The van der Waals surface area contributed by atoms with Crippen molar-refractivity contribution in [2.24, 2.45) is 5.73 Å². The van der Waals surface area contributed by atoms with E-state index in [1.807, 2.05) is 0 Å². The van der Waals surface area contributed by atoms with Crippen LogP contribution in [0.15, 0.2) is 24.3 Å². The fraction of sp³-hybridized carbons (Fsp3) is 0.684. The van der Waals surface area contributed by atoms with Crippen LogP contribution in [0, 0.1) is 0 Å². The molecule has 0 amide bonds. The van der Waals surface area contributed by atoms with Gasteiger partial charge in [0.15, 0.2) is 0 Å². The van der Waals surface area contributed by atoms with Crippen LogP contribution in [-0.4, -0.2) is 23.5 Å². The highest BCUT2D eigenvalue weighted by molar-refractivity contribution is 5.28. The number of nitrogens with zero attached hydrogens (tertiary/aromatic N) is 1. The third-order valence-electron chi connectivity index (χ3n) is 5.14. The number of benzene rings is 1. The highest BCUT2D eigenvalue weighted by atomic mass is 15.2. The van der Waals surface area contributed by atoms with Gasteiger partial charge in [0.25, 0.3) is 0 Å². The van der Waals surface area contributed by atoms with Gasteiger partial charge in [0.2, 0.25) is 0 Å². The van der Waals surface area contributed by atoms with Crippen LogP contribution in [0.3, 0.4) is 0 Å². The van der Waals surface area contributed by atoms with E-state index >= 15 is 0 Å². The third kappa shape index (κ3) is 3.87. The molecule has 0 aromatic heterocycles. The molecule has 1 heterocycles. The van der Waals surface area contributed by atoms with Crippen molar-refractivity contribution in [3.8, 4) is 0 Å². The van der Waals surface area contributed by atoms with Crippen molar-refractivity contribution in [2.45, 2.75) is 70.9 Å². The average Bonchev–Trinajstić information content (AvgIpc) is 2.76. The first-order valence-corrected chi connectivity index (χ1v) is 8.53. The molecule has 0 aliphatic carbocycles. The standard InChI is InChI=1S/C19H32N2/c1-15(2)16-9-11-17(12-10-16)18(20)19(3,4)21-13-7-5-6-8-14-21/h9-12,15,18H,5-8,13-14,20H2,1-4H3. The largest absolute Gasteiger partial charge is 0.322 e. The molecule has 0 spiro atoms. The Morgan fingerprint density at radius 2 is 1.38 bits per heavy atom. The molecule has 2 heteroatoms. The quantitative estimate of drug-likeness (QED) is 0.886. The second-order valence-corrected chi connectivity index (χ2v) is 7.35. The number of likely N-dealkylation sites (tertiary alicyclic amines) is 1. The van der Waals surface area contributed by atoms with E-state index in [0.717, 1.165) is 0 Å². The number of hydrogen-bond donors (Lipinski definition) is 1. The normalized spacial score (nSPS) is 19.5. The van der Waals surface area contributed by atoms with Crippen molar-refractivity contribution in [2.75, 3.05) is 13.1 Å². The molecule has 0 bridgehead atoms. The maximum atomic E-state index is 6.64. The molecule has 0 radical (unpaired) electrons. The van der Waals surface area contributed by atoms with Crippen LogP contribution in [0.4, 0.5) is 0 Å². The Bertz CT molecular complexity index is 425. The molecule has 2 rings (SSSR count). The van der Waals surface area contributed by atoms with Gasteiger partial charge in [0.1, 0.15) is 0 Å². The molecule has 1 unspecified atom stereocenters. The van der Waals surface area contributed by atoms with E-state index in [9.17, 15) is 0 Å². The van der Waals surface area contributed by atoms with Gasteiger partial charge in [-0.25, -0.2) is 0 Å². The van der Waals surface area contributed by atoms with Crippen molar-refractivity contribution >= 4 is 0 Å². The first-order valence-electron chi connectivity index (χ1n) is 8.53. The monoisotopic (exact) mass is 288 g/mol. The number of rotatable bonds is 4. The fourth-order valence-corrected chi connectivity index (χ4v) is 3.34. The second-order valence-electron chi connectivity index (χ2n) is 7.35. The van der Waals surface area contributed by atoms with E-state index in [4.69, 9.17) is 5.73 Å². The summed E-state index contributed by atoms with van der Waals surface area (Å²) in [4.78, 5) is 2.60. The summed E-state index contributed by atoms with van der Waals surface area (Å²) in [6, 6.07) is 8.98. The van der Waals surface area contributed by atoms with Crippen LogP contribution in [0.1, 0.15) is 76.5 Å². The minimum atomic E-state index is 0.0175. The molecule has 1 saturated heterocycles. The summed E-state index contributed by atoms with van der Waals surface area (Å²) < 4.78 is 0. The number of nitrogens with two attached hydrogens (primary N) is 1. The van der Waals surface area contributed by atoms with Gasteiger partial charge in [-0.3, -0.25) is 4.90 Å². The Labute approximate surface area is 130 Å². The molecule has 2 nitrogen and oxygen atoms in total. The summed E-state index contributed by atoms with van der Waals surface area (Å²) in [5.74, 6) is 0.578. The Kier molecular flexibility index (Phi) is 5.45. The van der Waals surface area contributed by atoms with Gasteiger partial charge in [0.05, 0.1) is 0 Å². The van der Waals surface area contributed by atoms with E-state index < -0.39 is 0 Å². The van der Waals surface area contributed by atoms with Crippen molar-refractivity contribution in [1.82, 2.24) is 4.90 Å². The third-order valence-corrected chi connectivity index (χ3v) is 5.14. The Morgan fingerprint density at radius 3 is 1.86 bits per heavy atom. The maximum absolute atomic E-state index is 6.64. The molecular formula is C19H32N2. The highest BCUT2D eigenvalue weighted by Crippen LogP contribution is 2.31. The lowest BCUT2D eigenvalue weighted by atomic mass is 9.86. The Balaban J connectivity index is 2.14. The molecule has 21 heavy (non-hydrogen) atoms. The summed E-state index contributed by atoms with van der Waals surface area (Å²) in [7, 11) is 0. The van der Waals surface area contributed by atoms with Crippen LogP contribution in [0.5, 0.6) is 0 Å². The van der Waals surface area contributed by atoms with Crippen LogP contribution in [0.25, 0.3) is 0 Å².